The van der Waals surface area contributed by atoms with Gasteiger partial charge in [-0.2, -0.15) is 20.4 Å². The van der Waals surface area contributed by atoms with E-state index in [1.807, 2.05) is 61.6 Å². The number of thioether (sulfide) groups is 4. The lowest BCUT2D eigenvalue weighted by Gasteiger charge is -2.14. The Hall–Kier alpha value is -8.44. The summed E-state index contributed by atoms with van der Waals surface area (Å²) in [5, 5.41) is 45.9. The van der Waals surface area contributed by atoms with Gasteiger partial charge in [0.2, 0.25) is 0 Å². The van der Waals surface area contributed by atoms with Gasteiger partial charge in [0.25, 0.3) is 0 Å². The zero-order valence-electron chi connectivity index (χ0n) is 55.4. The zero-order valence-corrected chi connectivity index (χ0v) is 58.7. The molecular formula is C74H76F2N10O6S4. The topological polar surface area (TPSA) is 174 Å². The fourth-order valence-electron chi connectivity index (χ4n) is 13.9. The minimum atomic E-state index is -1.04. The third-order valence-electron chi connectivity index (χ3n) is 18.1. The summed E-state index contributed by atoms with van der Waals surface area (Å²) in [5.41, 5.74) is 12.5. The molecule has 16 bridgehead atoms. The molecule has 496 valence electrons. The lowest BCUT2D eigenvalue weighted by atomic mass is 9.98. The Kier molecular flexibility index (Phi) is 19.0. The van der Waals surface area contributed by atoms with E-state index in [0.29, 0.717) is 118 Å². The molecule has 0 spiro atoms. The standard InChI is InChI=1S/2C37H38FN5O3S2/c2*1-21(2)43-25-16-24(40-43)18-47-20-31-33(22(3)39-42(31)5)34-30(38)13-12-29-28(36(37(44)45)41(4)35(29)34)11-8-14-46-32-17-26(48-19-25)15-23-9-6-7-10-27(23)32/h2*6-7,9-10,12-13,15-17,21H,8,11,14,18-20H2,1-5H3,(H,44,45). The number of halogens is 2. The van der Waals surface area contributed by atoms with E-state index < -0.39 is 23.6 Å². The van der Waals surface area contributed by atoms with Crippen LogP contribution < -0.4 is 9.47 Å². The predicted molar refractivity (Wildman–Crippen MR) is 383 cm³/mol. The van der Waals surface area contributed by atoms with Gasteiger partial charge in [0, 0.05) is 140 Å². The van der Waals surface area contributed by atoms with Crippen molar-refractivity contribution in [3.63, 3.8) is 0 Å². The van der Waals surface area contributed by atoms with Gasteiger partial charge in [0.15, 0.2) is 0 Å². The minimum Gasteiger partial charge on any atom is -0.493 e. The molecule has 2 N–H and O–H groups in total. The van der Waals surface area contributed by atoms with E-state index in [-0.39, 0.29) is 23.5 Å². The lowest BCUT2D eigenvalue weighted by Crippen LogP contribution is -2.09. The average molecular weight is 1370 g/mol. The lowest BCUT2D eigenvalue weighted by molar-refractivity contribution is 0.0675. The molecule has 6 aromatic carbocycles. The normalized spacial score (nSPS) is 14.3. The number of aromatic carboxylic acids is 2. The molecule has 16 nitrogen and oxygen atoms in total. The first-order chi connectivity index (χ1) is 46.2. The van der Waals surface area contributed by atoms with E-state index >= 15 is 8.78 Å². The highest BCUT2D eigenvalue weighted by Crippen LogP contribution is 2.44. The van der Waals surface area contributed by atoms with E-state index in [1.165, 1.54) is 12.1 Å². The molecule has 0 fully saturated rings. The quantitative estimate of drug-likeness (QED) is 0.170. The maximum atomic E-state index is 16.0. The summed E-state index contributed by atoms with van der Waals surface area (Å²) in [6.07, 6.45) is 2.10. The second-order valence-electron chi connectivity index (χ2n) is 25.2. The summed E-state index contributed by atoms with van der Waals surface area (Å²) in [5.74, 6) is 2.76. The third kappa shape index (κ3) is 12.7. The first-order valence-electron chi connectivity index (χ1n) is 32.2. The van der Waals surface area contributed by atoms with Crippen LogP contribution in [-0.2, 0) is 75.5 Å². The van der Waals surface area contributed by atoms with E-state index in [4.69, 9.17) is 29.9 Å². The SMILES string of the molecule is Cc1nn(C)c2c1-c1c(F)ccc3c(c(C(=O)O)n(C)c13)CCCOc1cc(cc3ccccc13)SCc1cc(nn1C(C)C)CSC2.Cc1nn(C)c2c1-c1c(F)ccc3c(c(C(=O)O)n(C)c13)CCCOc1cc(cc3ccccc13)SCc1cc(nn1C(C)C)CSC2. The zero-order chi connectivity index (χ0) is 67.4. The molecule has 0 aliphatic carbocycles. The highest BCUT2D eigenvalue weighted by Gasteiger charge is 2.31. The van der Waals surface area contributed by atoms with Gasteiger partial charge in [-0.05, 0) is 150 Å². The van der Waals surface area contributed by atoms with Crippen LogP contribution in [0.5, 0.6) is 11.5 Å². The molecule has 8 heterocycles. The van der Waals surface area contributed by atoms with E-state index in [9.17, 15) is 19.8 Å². The Morgan fingerprint density at radius 1 is 0.500 bits per heavy atom. The number of carboxylic acid groups (broad SMARTS) is 2. The van der Waals surface area contributed by atoms with Gasteiger partial charge in [-0.15, -0.1) is 47.0 Å². The van der Waals surface area contributed by atoms with Crippen LogP contribution in [0.15, 0.2) is 119 Å². The first-order valence-corrected chi connectivity index (χ1v) is 36.5. The van der Waals surface area contributed by atoms with Crippen LogP contribution in [0, 0.1) is 25.5 Å². The van der Waals surface area contributed by atoms with Crippen molar-refractivity contribution < 1.29 is 38.1 Å². The number of hydrogen-bond donors (Lipinski definition) is 2. The average Bonchev–Trinajstić information content (AvgIpc) is 1.58. The molecule has 6 aromatic heterocycles. The van der Waals surface area contributed by atoms with Crippen molar-refractivity contribution in [2.45, 2.75) is 124 Å². The maximum absolute atomic E-state index is 16.0. The Bertz CT molecular complexity index is 4710. The molecule has 0 amide bonds. The Morgan fingerprint density at radius 3 is 1.30 bits per heavy atom. The van der Waals surface area contributed by atoms with Gasteiger partial charge in [0.05, 0.1) is 58.4 Å². The fourth-order valence-corrected chi connectivity index (χ4v) is 17.8. The molecule has 0 unspecified atom stereocenters. The van der Waals surface area contributed by atoms with Gasteiger partial charge in [-0.25, -0.2) is 18.4 Å². The fraction of sp³-hybridized carbons (Fsp3) is 0.324. The van der Waals surface area contributed by atoms with Crippen molar-refractivity contribution in [2.75, 3.05) is 13.2 Å². The molecule has 22 heteroatoms. The van der Waals surface area contributed by atoms with E-state index in [0.717, 1.165) is 99.3 Å². The molecule has 2 aliphatic heterocycles. The number of aromatic nitrogens is 10. The summed E-state index contributed by atoms with van der Waals surface area (Å²) >= 11 is 6.94. The summed E-state index contributed by atoms with van der Waals surface area (Å²) < 4.78 is 56.0. The van der Waals surface area contributed by atoms with Crippen molar-refractivity contribution in [1.82, 2.24) is 48.3 Å². The van der Waals surface area contributed by atoms with Crippen molar-refractivity contribution in [3.8, 4) is 33.8 Å². The monoisotopic (exact) mass is 1370 g/mol. The summed E-state index contributed by atoms with van der Waals surface area (Å²) in [6, 6.07) is 36.2. The van der Waals surface area contributed by atoms with Gasteiger partial charge >= 0.3 is 11.9 Å². The molecule has 96 heavy (non-hydrogen) atoms. The molecule has 0 radical (unpaired) electrons. The smallest absolute Gasteiger partial charge is 0.352 e. The molecule has 0 saturated heterocycles. The second-order valence-corrected chi connectivity index (χ2v) is 29.2. The minimum absolute atomic E-state index is 0.164. The Morgan fingerprint density at radius 2 is 0.906 bits per heavy atom. The number of fused-ring (bicyclic) bond motifs is 16. The number of carbonyl (C=O) groups is 2. The molecule has 14 rings (SSSR count). The van der Waals surface area contributed by atoms with Crippen LogP contribution in [0.2, 0.25) is 0 Å². The predicted octanol–water partition coefficient (Wildman–Crippen LogP) is 17.4. The van der Waals surface area contributed by atoms with E-state index in [2.05, 4.69) is 97.7 Å². The van der Waals surface area contributed by atoms with Crippen molar-refractivity contribution in [1.29, 1.82) is 0 Å². The molecule has 0 atom stereocenters. The Balaban J connectivity index is 0.000000174. The van der Waals surface area contributed by atoms with Crippen LogP contribution in [-0.4, -0.2) is 83.6 Å². The van der Waals surface area contributed by atoms with Crippen LogP contribution in [0.25, 0.3) is 65.6 Å². The van der Waals surface area contributed by atoms with Crippen molar-refractivity contribution in [3.05, 3.63) is 189 Å². The second kappa shape index (κ2) is 27.6. The van der Waals surface area contributed by atoms with Gasteiger partial charge in [0.1, 0.15) is 34.5 Å². The number of carboxylic acids is 2. The molecular weight excluding hydrogens is 1290 g/mol. The Labute approximate surface area is 572 Å². The maximum Gasteiger partial charge on any atom is 0.352 e. The molecule has 2 aliphatic rings. The van der Waals surface area contributed by atoms with E-state index in [1.54, 1.807) is 82.4 Å². The first kappa shape index (κ1) is 66.2. The third-order valence-corrected chi connectivity index (χ3v) is 22.1. The number of rotatable bonds is 4. The summed E-state index contributed by atoms with van der Waals surface area (Å²) in [4.78, 5) is 27.6. The van der Waals surface area contributed by atoms with Gasteiger partial charge < -0.3 is 28.8 Å². The highest BCUT2D eigenvalue weighted by atomic mass is 32.2. The summed E-state index contributed by atoms with van der Waals surface area (Å²) in [6.45, 7) is 13.2. The number of ether oxygens (including phenoxy) is 2. The van der Waals surface area contributed by atoms with Crippen molar-refractivity contribution >= 4 is 102 Å². The highest BCUT2D eigenvalue weighted by molar-refractivity contribution is 7.99. The van der Waals surface area contributed by atoms with Crippen LogP contribution >= 0.6 is 47.0 Å². The van der Waals surface area contributed by atoms with Crippen LogP contribution in [0.4, 0.5) is 8.78 Å². The van der Waals surface area contributed by atoms with Gasteiger partial charge in [-0.3, -0.25) is 18.7 Å². The molecule has 0 saturated carbocycles. The number of benzene rings is 6. The largest absolute Gasteiger partial charge is 0.493 e. The number of aryl methyl sites for hydroxylation is 8. The van der Waals surface area contributed by atoms with Crippen molar-refractivity contribution in [2.24, 2.45) is 28.2 Å². The van der Waals surface area contributed by atoms with Gasteiger partial charge in [-0.1, -0.05) is 48.5 Å². The molecule has 12 aromatic rings. The number of nitrogens with zero attached hydrogens (tertiary/aromatic N) is 10. The summed E-state index contributed by atoms with van der Waals surface area (Å²) in [7, 11) is 7.19. The number of hydrogen-bond acceptors (Lipinski definition) is 12. The van der Waals surface area contributed by atoms with Crippen LogP contribution in [0.3, 0.4) is 0 Å². The van der Waals surface area contributed by atoms with Crippen LogP contribution in [0.1, 0.15) is 130 Å².